The van der Waals surface area contributed by atoms with Crippen LogP contribution in [0.4, 0.5) is 0 Å². The number of thiazole rings is 1. The van der Waals surface area contributed by atoms with E-state index in [0.29, 0.717) is 53.6 Å². The Bertz CT molecular complexity index is 1840. The van der Waals surface area contributed by atoms with Crippen LogP contribution in [-0.4, -0.2) is 69.0 Å². The van der Waals surface area contributed by atoms with E-state index in [-0.39, 0.29) is 30.3 Å². The number of methoxy groups -OCH3 is 3. The zero-order valence-electron chi connectivity index (χ0n) is 25.7. The Kier molecular flexibility index (Phi) is 9.98. The fourth-order valence-corrected chi connectivity index (χ4v) is 6.99. The molecule has 1 amide bonds. The number of carbonyl (C=O) groups excluding carboxylic acids is 2. The number of fused-ring (bicyclic) bond motifs is 1. The van der Waals surface area contributed by atoms with Gasteiger partial charge in [-0.2, -0.15) is 0 Å². The van der Waals surface area contributed by atoms with Gasteiger partial charge in [0, 0.05) is 17.6 Å². The summed E-state index contributed by atoms with van der Waals surface area (Å²) < 4.78 is 30.2. The second-order valence-electron chi connectivity index (χ2n) is 10.3. The largest absolute Gasteiger partial charge is 0.493 e. The molecule has 1 saturated heterocycles. The third-order valence-corrected chi connectivity index (χ3v) is 9.28. The molecule has 0 saturated carbocycles. The summed E-state index contributed by atoms with van der Waals surface area (Å²) in [6.07, 6.45) is 3.74. The smallest absolute Gasteiger partial charge is 0.338 e. The molecule has 3 aromatic rings. The summed E-state index contributed by atoms with van der Waals surface area (Å²) in [5.41, 5.74) is 1.63. The van der Waals surface area contributed by atoms with Crippen molar-refractivity contribution in [2.24, 2.45) is 4.99 Å². The van der Waals surface area contributed by atoms with Crippen LogP contribution in [0.3, 0.4) is 0 Å². The molecule has 1 atom stereocenters. The van der Waals surface area contributed by atoms with Gasteiger partial charge in [0.25, 0.3) is 11.5 Å². The van der Waals surface area contributed by atoms with Gasteiger partial charge in [0.15, 0.2) is 34.4 Å². The molecular weight excluding hydrogens is 666 g/mol. The minimum Gasteiger partial charge on any atom is -0.493 e. The predicted octanol–water partition coefficient (Wildman–Crippen LogP) is 3.59. The van der Waals surface area contributed by atoms with Gasteiger partial charge < -0.3 is 28.6 Å². The normalized spacial score (nSPS) is 16.3. The van der Waals surface area contributed by atoms with Gasteiger partial charge in [-0.15, -0.1) is 0 Å². The van der Waals surface area contributed by atoms with E-state index in [1.165, 1.54) is 37.2 Å². The number of benzene rings is 2. The molecule has 2 aliphatic heterocycles. The topological polar surface area (TPSA) is 118 Å². The molecule has 1 aromatic heterocycles. The van der Waals surface area contributed by atoms with Crippen LogP contribution in [0.1, 0.15) is 43.9 Å². The third kappa shape index (κ3) is 6.50. The van der Waals surface area contributed by atoms with Crippen LogP contribution in [0.15, 0.2) is 55.9 Å². The molecule has 0 spiro atoms. The molecule has 3 heterocycles. The van der Waals surface area contributed by atoms with Crippen molar-refractivity contribution >= 4 is 45.2 Å². The summed E-state index contributed by atoms with van der Waals surface area (Å²) in [5, 5.41) is 0. The molecule has 45 heavy (non-hydrogen) atoms. The molecule has 0 bridgehead atoms. The standard InChI is InChI=1S/C32H34BrN3O8S/c1-6-43-31(39)28-18(2)34-32-36(29(28)20-15-24(41-4)25(42-5)16-21(20)33)30(38)26(45-32)14-19-9-10-22(23(13-19)40-3)44-17-27(37)35-11-7-8-12-35/h9-10,13-16,29H,6-8,11-12,17H2,1-5H3/b26-14+/t29-/m1/s1. The highest BCUT2D eigenvalue weighted by Crippen LogP contribution is 2.41. The van der Waals surface area contributed by atoms with E-state index in [4.69, 9.17) is 23.7 Å². The lowest BCUT2D eigenvalue weighted by molar-refractivity contribution is -0.139. The summed E-state index contributed by atoms with van der Waals surface area (Å²) in [4.78, 5) is 46.7. The lowest BCUT2D eigenvalue weighted by atomic mass is 9.95. The van der Waals surface area contributed by atoms with Gasteiger partial charge in [-0.25, -0.2) is 9.79 Å². The average molecular weight is 701 g/mol. The van der Waals surface area contributed by atoms with E-state index < -0.39 is 12.0 Å². The maximum Gasteiger partial charge on any atom is 0.338 e. The molecule has 11 nitrogen and oxygen atoms in total. The number of allylic oxidation sites excluding steroid dienone is 1. The van der Waals surface area contributed by atoms with E-state index in [1.807, 2.05) is 0 Å². The van der Waals surface area contributed by atoms with Crippen molar-refractivity contribution in [2.75, 3.05) is 47.6 Å². The zero-order chi connectivity index (χ0) is 32.2. The van der Waals surface area contributed by atoms with E-state index in [2.05, 4.69) is 20.9 Å². The Morgan fingerprint density at radius 1 is 1.02 bits per heavy atom. The quantitative estimate of drug-likeness (QED) is 0.295. The summed E-state index contributed by atoms with van der Waals surface area (Å²) in [6.45, 7) is 5.03. The number of carbonyl (C=O) groups is 2. The summed E-state index contributed by atoms with van der Waals surface area (Å²) in [6, 6.07) is 7.86. The highest BCUT2D eigenvalue weighted by molar-refractivity contribution is 9.10. The second-order valence-corrected chi connectivity index (χ2v) is 12.2. The van der Waals surface area contributed by atoms with Crippen molar-refractivity contribution in [3.8, 4) is 23.0 Å². The molecule has 5 rings (SSSR count). The molecule has 1 fully saturated rings. The van der Waals surface area contributed by atoms with Crippen LogP contribution in [0, 0.1) is 0 Å². The number of aromatic nitrogens is 1. The molecule has 13 heteroatoms. The molecule has 0 unspecified atom stereocenters. The molecule has 2 aromatic carbocycles. The number of rotatable bonds is 10. The fourth-order valence-electron chi connectivity index (χ4n) is 5.41. The molecule has 2 aliphatic rings. The van der Waals surface area contributed by atoms with Crippen LogP contribution < -0.4 is 33.8 Å². The zero-order valence-corrected chi connectivity index (χ0v) is 28.1. The number of esters is 1. The lowest BCUT2D eigenvalue weighted by Crippen LogP contribution is -2.40. The Balaban J connectivity index is 1.57. The van der Waals surface area contributed by atoms with Crippen molar-refractivity contribution in [1.29, 1.82) is 0 Å². The third-order valence-electron chi connectivity index (χ3n) is 7.61. The first-order chi connectivity index (χ1) is 21.7. The number of ether oxygens (including phenoxy) is 5. The highest BCUT2D eigenvalue weighted by atomic mass is 79.9. The minimum absolute atomic E-state index is 0.0621. The number of amides is 1. The lowest BCUT2D eigenvalue weighted by Gasteiger charge is -2.26. The van der Waals surface area contributed by atoms with E-state index in [9.17, 15) is 14.4 Å². The van der Waals surface area contributed by atoms with Crippen molar-refractivity contribution in [3.05, 3.63) is 76.9 Å². The molecule has 0 aliphatic carbocycles. The van der Waals surface area contributed by atoms with E-state index in [1.54, 1.807) is 55.2 Å². The SMILES string of the molecule is CCOC(=O)C1=C(C)N=c2s/c(=C/c3ccc(OCC(=O)N4CCCC4)c(OC)c3)c(=O)n2[C@@H]1c1cc(OC)c(OC)cc1Br. The first-order valence-electron chi connectivity index (χ1n) is 14.4. The Morgan fingerprint density at radius 2 is 1.69 bits per heavy atom. The number of likely N-dealkylation sites (tertiary alicyclic amines) is 1. The van der Waals surface area contributed by atoms with Gasteiger partial charge in [0.2, 0.25) is 0 Å². The molecule has 0 radical (unpaired) electrons. The van der Waals surface area contributed by atoms with Gasteiger partial charge in [0.1, 0.15) is 0 Å². The van der Waals surface area contributed by atoms with Gasteiger partial charge in [-0.1, -0.05) is 33.3 Å². The van der Waals surface area contributed by atoms with Crippen LogP contribution in [0.25, 0.3) is 6.08 Å². The van der Waals surface area contributed by atoms with E-state index in [0.717, 1.165) is 25.9 Å². The molecule has 0 N–H and O–H groups in total. The summed E-state index contributed by atoms with van der Waals surface area (Å²) in [5.74, 6) is 1.15. The number of hydrogen-bond acceptors (Lipinski definition) is 10. The number of halogens is 1. The van der Waals surface area contributed by atoms with Gasteiger partial charge in [0.05, 0.1) is 49.8 Å². The average Bonchev–Trinajstić information content (AvgIpc) is 3.68. The first kappa shape index (κ1) is 32.3. The number of nitrogens with zero attached hydrogens (tertiary/aromatic N) is 3. The predicted molar refractivity (Wildman–Crippen MR) is 172 cm³/mol. The van der Waals surface area contributed by atoms with Gasteiger partial charge >= 0.3 is 5.97 Å². The molecular formula is C32H34BrN3O8S. The Hall–Kier alpha value is -4.10. The van der Waals surface area contributed by atoms with Crippen LogP contribution >= 0.6 is 27.3 Å². The Labute approximate surface area is 272 Å². The van der Waals surface area contributed by atoms with Crippen LogP contribution in [-0.2, 0) is 14.3 Å². The van der Waals surface area contributed by atoms with Crippen LogP contribution in [0.5, 0.6) is 23.0 Å². The Morgan fingerprint density at radius 3 is 2.36 bits per heavy atom. The summed E-state index contributed by atoms with van der Waals surface area (Å²) in [7, 11) is 4.57. The van der Waals surface area contributed by atoms with Gasteiger partial charge in [-0.3, -0.25) is 14.2 Å². The van der Waals surface area contributed by atoms with Crippen molar-refractivity contribution in [1.82, 2.24) is 9.47 Å². The minimum atomic E-state index is -0.852. The van der Waals surface area contributed by atoms with Crippen molar-refractivity contribution in [3.63, 3.8) is 0 Å². The van der Waals surface area contributed by atoms with Crippen molar-refractivity contribution in [2.45, 2.75) is 32.7 Å². The van der Waals surface area contributed by atoms with E-state index >= 15 is 0 Å². The highest BCUT2D eigenvalue weighted by Gasteiger charge is 2.35. The summed E-state index contributed by atoms with van der Waals surface area (Å²) >= 11 is 4.82. The van der Waals surface area contributed by atoms with Gasteiger partial charge in [-0.05, 0) is 68.2 Å². The fraction of sp³-hybridized carbons (Fsp3) is 0.375. The molecule has 238 valence electrons. The first-order valence-corrected chi connectivity index (χ1v) is 16.0. The maximum absolute atomic E-state index is 14.1. The monoisotopic (exact) mass is 699 g/mol. The number of hydrogen-bond donors (Lipinski definition) is 0. The second kappa shape index (κ2) is 13.9. The van der Waals surface area contributed by atoms with Crippen molar-refractivity contribution < 1.29 is 33.3 Å². The maximum atomic E-state index is 14.1. The van der Waals surface area contributed by atoms with Crippen LogP contribution in [0.2, 0.25) is 0 Å².